The Hall–Kier alpha value is -2.24. The Kier molecular flexibility index (Phi) is 6.26. The number of rotatable bonds is 6. The molecule has 2 aromatic heterocycles. The number of likely N-dealkylation sites (tertiary alicyclic amines) is 1. The van der Waals surface area contributed by atoms with Crippen LogP contribution < -0.4 is 10.2 Å². The van der Waals surface area contributed by atoms with Crippen LogP contribution in [0, 0.1) is 6.92 Å². The highest BCUT2D eigenvalue weighted by Gasteiger charge is 2.21. The highest BCUT2D eigenvalue weighted by Crippen LogP contribution is 2.27. The van der Waals surface area contributed by atoms with E-state index in [1.54, 1.807) is 16.2 Å². The van der Waals surface area contributed by atoms with E-state index >= 15 is 0 Å². The summed E-state index contributed by atoms with van der Waals surface area (Å²) in [5.74, 6) is 0.00109. The third-order valence-corrected chi connectivity index (χ3v) is 6.75. The third-order valence-electron chi connectivity index (χ3n) is 6.07. The van der Waals surface area contributed by atoms with Gasteiger partial charge in [-0.1, -0.05) is 11.6 Å². The van der Waals surface area contributed by atoms with Gasteiger partial charge in [-0.2, -0.15) is 11.3 Å². The van der Waals surface area contributed by atoms with E-state index in [9.17, 15) is 4.79 Å². The minimum Gasteiger partial charge on any atom is -0.352 e. The van der Waals surface area contributed by atoms with E-state index in [1.165, 1.54) is 25.8 Å². The van der Waals surface area contributed by atoms with Crippen LogP contribution in [-0.2, 0) is 0 Å². The van der Waals surface area contributed by atoms with Gasteiger partial charge in [-0.3, -0.25) is 4.79 Å². The fourth-order valence-corrected chi connectivity index (χ4v) is 4.97. The lowest BCUT2D eigenvalue weighted by atomic mass is 10.0. The maximum atomic E-state index is 13.1. The lowest BCUT2D eigenvalue weighted by Gasteiger charge is -2.30. The standard InChI is InChI=1S/C24H29N3OS/c1-17-7-8-22-20(14-17)21(15-23(26-22)19-9-13-29-16-19)24(28)25-10-5-12-27-11-4-3-6-18(27)2/h7-9,13-16,18H,3-6,10-12H2,1-2H3,(H,25,28)/p+1/t18-/m0/s1. The first-order chi connectivity index (χ1) is 14.1. The molecule has 1 saturated heterocycles. The molecular weight excluding hydrogens is 378 g/mol. The number of thiophene rings is 1. The molecule has 5 heteroatoms. The Morgan fingerprint density at radius 1 is 1.28 bits per heavy atom. The number of nitrogens with one attached hydrogen (secondary N) is 2. The number of fused-ring (bicyclic) bond motifs is 1. The Bertz CT molecular complexity index is 983. The molecule has 3 aromatic rings. The number of piperidine rings is 1. The van der Waals surface area contributed by atoms with Crippen molar-refractivity contribution < 1.29 is 9.69 Å². The maximum absolute atomic E-state index is 13.1. The molecule has 1 amide bonds. The number of carbonyl (C=O) groups is 1. The number of hydrogen-bond donors (Lipinski definition) is 2. The Balaban J connectivity index is 1.49. The first-order valence-electron chi connectivity index (χ1n) is 10.7. The molecule has 2 N–H and O–H groups in total. The molecule has 3 heterocycles. The van der Waals surface area contributed by atoms with Crippen molar-refractivity contribution in [3.05, 3.63) is 52.2 Å². The van der Waals surface area contributed by atoms with Crippen molar-refractivity contribution in [1.82, 2.24) is 10.3 Å². The van der Waals surface area contributed by atoms with Crippen LogP contribution in [-0.4, -0.2) is 36.6 Å². The second-order valence-electron chi connectivity index (χ2n) is 8.25. The van der Waals surface area contributed by atoms with Gasteiger partial charge in [0, 0.05) is 29.3 Å². The van der Waals surface area contributed by atoms with Crippen molar-refractivity contribution in [1.29, 1.82) is 0 Å². The van der Waals surface area contributed by atoms with Gasteiger partial charge in [0.25, 0.3) is 5.91 Å². The van der Waals surface area contributed by atoms with Crippen molar-refractivity contribution in [3.8, 4) is 11.3 Å². The molecule has 2 atom stereocenters. The summed E-state index contributed by atoms with van der Waals surface area (Å²) in [5.41, 5.74) is 4.66. The molecule has 1 unspecified atom stereocenters. The summed E-state index contributed by atoms with van der Waals surface area (Å²) >= 11 is 1.64. The number of amides is 1. The van der Waals surface area contributed by atoms with Gasteiger partial charge in [-0.15, -0.1) is 0 Å². The lowest BCUT2D eigenvalue weighted by Crippen LogP contribution is -3.16. The van der Waals surface area contributed by atoms with Crippen molar-refractivity contribution in [2.75, 3.05) is 19.6 Å². The summed E-state index contributed by atoms with van der Waals surface area (Å²) in [5, 5.41) is 8.21. The van der Waals surface area contributed by atoms with Crippen LogP contribution in [0.1, 0.15) is 48.5 Å². The average molecular weight is 409 g/mol. The predicted octanol–water partition coefficient (Wildman–Crippen LogP) is 3.85. The first kappa shape index (κ1) is 20.0. The van der Waals surface area contributed by atoms with E-state index in [2.05, 4.69) is 42.7 Å². The van der Waals surface area contributed by atoms with Gasteiger partial charge < -0.3 is 10.2 Å². The van der Waals surface area contributed by atoms with Gasteiger partial charge in [0.15, 0.2) is 0 Å². The molecule has 152 valence electrons. The molecule has 4 nitrogen and oxygen atoms in total. The van der Waals surface area contributed by atoms with Crippen LogP contribution in [0.15, 0.2) is 41.1 Å². The normalized spacial score (nSPS) is 19.4. The van der Waals surface area contributed by atoms with Gasteiger partial charge in [0.1, 0.15) is 0 Å². The zero-order valence-electron chi connectivity index (χ0n) is 17.3. The summed E-state index contributed by atoms with van der Waals surface area (Å²) in [6, 6.07) is 10.9. The average Bonchev–Trinajstić information content (AvgIpc) is 3.26. The first-order valence-corrected chi connectivity index (χ1v) is 11.6. The maximum Gasteiger partial charge on any atom is 0.252 e. The molecule has 0 aliphatic carbocycles. The van der Waals surface area contributed by atoms with E-state index < -0.39 is 0 Å². The molecule has 4 rings (SSSR count). The number of nitrogens with zero attached hydrogens (tertiary/aromatic N) is 1. The van der Waals surface area contributed by atoms with E-state index in [0.29, 0.717) is 0 Å². The van der Waals surface area contributed by atoms with E-state index in [4.69, 9.17) is 4.98 Å². The van der Waals surface area contributed by atoms with E-state index in [-0.39, 0.29) is 5.91 Å². The zero-order valence-corrected chi connectivity index (χ0v) is 18.1. The van der Waals surface area contributed by atoms with Crippen molar-refractivity contribution in [2.24, 2.45) is 0 Å². The number of aromatic nitrogens is 1. The Morgan fingerprint density at radius 2 is 2.17 bits per heavy atom. The summed E-state index contributed by atoms with van der Waals surface area (Å²) in [6.45, 7) is 7.53. The van der Waals surface area contributed by atoms with E-state index in [1.807, 2.05) is 17.5 Å². The summed E-state index contributed by atoms with van der Waals surface area (Å²) in [4.78, 5) is 19.5. The van der Waals surface area contributed by atoms with Crippen LogP contribution in [0.3, 0.4) is 0 Å². The third kappa shape index (κ3) is 4.68. The molecule has 29 heavy (non-hydrogen) atoms. The minimum absolute atomic E-state index is 0.00109. The van der Waals surface area contributed by atoms with Gasteiger partial charge in [-0.25, -0.2) is 4.98 Å². The quantitative estimate of drug-likeness (QED) is 0.609. The molecule has 0 saturated carbocycles. The monoisotopic (exact) mass is 408 g/mol. The molecule has 1 fully saturated rings. The molecule has 1 aliphatic heterocycles. The second-order valence-corrected chi connectivity index (χ2v) is 9.03. The van der Waals surface area contributed by atoms with Gasteiger partial charge in [0.05, 0.1) is 35.9 Å². The highest BCUT2D eigenvalue weighted by molar-refractivity contribution is 7.08. The van der Waals surface area contributed by atoms with Crippen molar-refractivity contribution in [3.63, 3.8) is 0 Å². The van der Waals surface area contributed by atoms with Crippen LogP contribution in [0.2, 0.25) is 0 Å². The van der Waals surface area contributed by atoms with Gasteiger partial charge >= 0.3 is 0 Å². The van der Waals surface area contributed by atoms with Crippen molar-refractivity contribution in [2.45, 2.75) is 45.6 Å². The molecular formula is C24H30N3OS+. The topological polar surface area (TPSA) is 46.4 Å². The number of pyridine rings is 1. The fourth-order valence-electron chi connectivity index (χ4n) is 4.32. The predicted molar refractivity (Wildman–Crippen MR) is 121 cm³/mol. The smallest absolute Gasteiger partial charge is 0.252 e. The number of carbonyl (C=O) groups excluding carboxylic acids is 1. The minimum atomic E-state index is 0.00109. The van der Waals surface area contributed by atoms with Crippen LogP contribution in [0.25, 0.3) is 22.2 Å². The number of hydrogen-bond acceptors (Lipinski definition) is 3. The fraction of sp³-hybridized carbons (Fsp3) is 0.417. The molecule has 1 aromatic carbocycles. The highest BCUT2D eigenvalue weighted by atomic mass is 32.1. The summed E-state index contributed by atoms with van der Waals surface area (Å²) in [7, 11) is 0. The molecule has 0 bridgehead atoms. The Morgan fingerprint density at radius 3 is 2.97 bits per heavy atom. The van der Waals surface area contributed by atoms with Crippen LogP contribution >= 0.6 is 11.3 Å². The lowest BCUT2D eigenvalue weighted by molar-refractivity contribution is -0.928. The van der Waals surface area contributed by atoms with Gasteiger partial charge in [0.2, 0.25) is 0 Å². The molecule has 1 aliphatic rings. The van der Waals surface area contributed by atoms with Crippen LogP contribution in [0.4, 0.5) is 0 Å². The number of aryl methyl sites for hydroxylation is 1. The Labute approximate surface area is 177 Å². The second kappa shape index (κ2) is 9.06. The summed E-state index contributed by atoms with van der Waals surface area (Å²) < 4.78 is 0. The SMILES string of the molecule is Cc1ccc2nc(-c3ccsc3)cc(C(=O)NCCC[NH+]3CCCC[C@@H]3C)c2c1. The molecule has 0 radical (unpaired) electrons. The van der Waals surface area contributed by atoms with Crippen molar-refractivity contribution >= 4 is 28.1 Å². The number of quaternary nitrogens is 1. The molecule has 0 spiro atoms. The van der Waals surface area contributed by atoms with E-state index in [0.717, 1.165) is 58.8 Å². The summed E-state index contributed by atoms with van der Waals surface area (Å²) in [6.07, 6.45) is 5.04. The number of benzene rings is 1. The van der Waals surface area contributed by atoms with Gasteiger partial charge in [-0.05, 0) is 62.8 Å². The largest absolute Gasteiger partial charge is 0.352 e. The zero-order chi connectivity index (χ0) is 20.2. The van der Waals surface area contributed by atoms with Crippen LogP contribution in [0.5, 0.6) is 0 Å².